The van der Waals surface area contributed by atoms with Gasteiger partial charge >= 0.3 is 5.97 Å². The molecule has 0 spiro atoms. The summed E-state index contributed by atoms with van der Waals surface area (Å²) in [4.78, 5) is 10.7. The number of hydrogen-bond donors (Lipinski definition) is 2. The molecular weight excluding hydrogens is 322 g/mol. The van der Waals surface area contributed by atoms with Gasteiger partial charge in [-0.3, -0.25) is 0 Å². The average molecular weight is 336 g/mol. The second-order valence-electron chi connectivity index (χ2n) is 3.91. The summed E-state index contributed by atoms with van der Waals surface area (Å²) in [6.07, 6.45) is 1.70. The molecule has 0 heterocycles. The van der Waals surface area contributed by atoms with Crippen LogP contribution in [0.3, 0.4) is 0 Å². The number of carboxylic acid groups (broad SMARTS) is 1. The van der Waals surface area contributed by atoms with Gasteiger partial charge in [-0.25, -0.2) is 13.2 Å². The molecule has 0 fully saturated rings. The molecule has 0 saturated carbocycles. The van der Waals surface area contributed by atoms with Gasteiger partial charge in [-0.1, -0.05) is 0 Å². The highest BCUT2D eigenvalue weighted by atomic mass is 79.9. The first-order valence-corrected chi connectivity index (χ1v) is 8.09. The van der Waals surface area contributed by atoms with Crippen molar-refractivity contribution >= 4 is 37.4 Å². The molecule has 0 amide bonds. The van der Waals surface area contributed by atoms with Gasteiger partial charge in [0.05, 0.1) is 11.3 Å². The molecule has 5 nitrogen and oxygen atoms in total. The number of nitrogens with one attached hydrogen (secondary N) is 1. The molecule has 0 aliphatic rings. The van der Waals surface area contributed by atoms with Gasteiger partial charge in [-0.15, -0.1) is 0 Å². The van der Waals surface area contributed by atoms with E-state index < -0.39 is 15.8 Å². The Kier molecular flexibility index (Phi) is 5.15. The van der Waals surface area contributed by atoms with E-state index in [1.807, 2.05) is 0 Å². The average Bonchev–Trinajstić information content (AvgIpc) is 2.24. The second-order valence-corrected chi connectivity index (χ2v) is 7.02. The third kappa shape index (κ3) is 5.05. The van der Waals surface area contributed by atoms with Crippen molar-refractivity contribution in [1.82, 2.24) is 0 Å². The van der Waals surface area contributed by atoms with Crippen LogP contribution in [0.2, 0.25) is 0 Å². The third-order valence-electron chi connectivity index (χ3n) is 2.22. The van der Waals surface area contributed by atoms with Gasteiger partial charge in [0.25, 0.3) is 0 Å². The van der Waals surface area contributed by atoms with Crippen molar-refractivity contribution < 1.29 is 18.3 Å². The Bertz CT molecular complexity index is 542. The van der Waals surface area contributed by atoms with E-state index >= 15 is 0 Å². The van der Waals surface area contributed by atoms with E-state index in [1.165, 1.54) is 18.4 Å². The van der Waals surface area contributed by atoms with Crippen molar-refractivity contribution in [2.45, 2.75) is 6.42 Å². The molecule has 1 rings (SSSR count). The highest BCUT2D eigenvalue weighted by molar-refractivity contribution is 9.10. The molecule has 0 atom stereocenters. The van der Waals surface area contributed by atoms with Gasteiger partial charge in [0.2, 0.25) is 0 Å². The zero-order valence-electron chi connectivity index (χ0n) is 9.81. The van der Waals surface area contributed by atoms with Crippen molar-refractivity contribution in [1.29, 1.82) is 0 Å². The molecule has 0 radical (unpaired) electrons. The molecule has 0 aliphatic carbocycles. The Morgan fingerprint density at radius 2 is 2.11 bits per heavy atom. The Morgan fingerprint density at radius 3 is 2.61 bits per heavy atom. The van der Waals surface area contributed by atoms with E-state index in [1.54, 1.807) is 6.07 Å². The molecule has 2 N–H and O–H groups in total. The van der Waals surface area contributed by atoms with E-state index in [2.05, 4.69) is 21.2 Å². The summed E-state index contributed by atoms with van der Waals surface area (Å²) in [5.41, 5.74) is 0.942. The third-order valence-corrected chi connectivity index (χ3v) is 3.91. The van der Waals surface area contributed by atoms with Gasteiger partial charge in [0.1, 0.15) is 9.84 Å². The summed E-state index contributed by atoms with van der Waals surface area (Å²) in [5, 5.41) is 11.8. The van der Waals surface area contributed by atoms with Gasteiger partial charge in [0, 0.05) is 23.0 Å². The van der Waals surface area contributed by atoms with E-state index in [0.717, 1.165) is 5.69 Å². The van der Waals surface area contributed by atoms with Gasteiger partial charge in [-0.2, -0.15) is 0 Å². The predicted molar refractivity (Wildman–Crippen MR) is 73.9 cm³/mol. The maximum absolute atomic E-state index is 10.9. The van der Waals surface area contributed by atoms with Gasteiger partial charge in [0.15, 0.2) is 0 Å². The molecular formula is C11H14BrNO4S. The van der Waals surface area contributed by atoms with E-state index in [-0.39, 0.29) is 11.3 Å². The molecule has 100 valence electrons. The molecule has 0 aliphatic heterocycles. The largest absolute Gasteiger partial charge is 0.478 e. The van der Waals surface area contributed by atoms with Crippen molar-refractivity contribution in [3.05, 3.63) is 28.2 Å². The fourth-order valence-corrected chi connectivity index (χ4v) is 2.54. The Labute approximate surface area is 114 Å². The number of carbonyl (C=O) groups is 1. The van der Waals surface area contributed by atoms with Crippen LogP contribution < -0.4 is 5.32 Å². The highest BCUT2D eigenvalue weighted by Crippen LogP contribution is 2.23. The molecule has 0 unspecified atom stereocenters. The number of carboxylic acids is 1. The minimum atomic E-state index is -2.94. The monoisotopic (exact) mass is 335 g/mol. The SMILES string of the molecule is CS(=O)(=O)CCCNc1ccc(C(=O)O)cc1Br. The van der Waals surface area contributed by atoms with Crippen LogP contribution >= 0.6 is 15.9 Å². The van der Waals surface area contributed by atoms with Crippen molar-refractivity contribution in [3.63, 3.8) is 0 Å². The molecule has 1 aromatic rings. The number of rotatable bonds is 6. The second kappa shape index (κ2) is 6.19. The zero-order valence-corrected chi connectivity index (χ0v) is 12.2. The lowest BCUT2D eigenvalue weighted by Gasteiger charge is -2.08. The normalized spacial score (nSPS) is 11.2. The van der Waals surface area contributed by atoms with E-state index in [9.17, 15) is 13.2 Å². The summed E-state index contributed by atoms with van der Waals surface area (Å²) >= 11 is 3.26. The summed E-state index contributed by atoms with van der Waals surface area (Å²) in [6, 6.07) is 4.64. The van der Waals surface area contributed by atoms with Crippen LogP contribution in [-0.2, 0) is 9.84 Å². The Balaban J connectivity index is 2.56. The topological polar surface area (TPSA) is 83.5 Å². The lowest BCUT2D eigenvalue weighted by molar-refractivity contribution is 0.0697. The molecule has 18 heavy (non-hydrogen) atoms. The van der Waals surface area contributed by atoms with Crippen LogP contribution in [0, 0.1) is 0 Å². The number of sulfone groups is 1. The Hall–Kier alpha value is -1.08. The standard InChI is InChI=1S/C11H14BrNO4S/c1-18(16,17)6-2-5-13-10-4-3-8(11(14)15)7-9(10)12/h3-4,7,13H,2,5-6H2,1H3,(H,14,15). The maximum atomic E-state index is 10.9. The molecule has 7 heteroatoms. The number of hydrogen-bond acceptors (Lipinski definition) is 4. The van der Waals surface area contributed by atoms with Gasteiger partial charge in [-0.05, 0) is 40.5 Å². The maximum Gasteiger partial charge on any atom is 0.335 e. The van der Waals surface area contributed by atoms with Crippen LogP contribution in [0.5, 0.6) is 0 Å². The predicted octanol–water partition coefficient (Wildman–Crippen LogP) is 1.99. The molecule has 0 saturated heterocycles. The molecule has 0 bridgehead atoms. The zero-order chi connectivity index (χ0) is 13.8. The number of halogens is 1. The highest BCUT2D eigenvalue weighted by Gasteiger charge is 2.07. The van der Waals surface area contributed by atoms with Crippen LogP contribution in [0.4, 0.5) is 5.69 Å². The first kappa shape index (κ1) is 15.0. The van der Waals surface area contributed by atoms with Crippen LogP contribution in [0.1, 0.15) is 16.8 Å². The summed E-state index contributed by atoms with van der Waals surface area (Å²) in [6.45, 7) is 0.512. The van der Waals surface area contributed by atoms with Gasteiger partial charge < -0.3 is 10.4 Å². The lowest BCUT2D eigenvalue weighted by Crippen LogP contribution is -2.10. The first-order valence-electron chi connectivity index (χ1n) is 5.24. The molecule has 1 aromatic carbocycles. The van der Waals surface area contributed by atoms with Crippen molar-refractivity contribution in [2.75, 3.05) is 23.9 Å². The van der Waals surface area contributed by atoms with Crippen LogP contribution in [0.15, 0.2) is 22.7 Å². The Morgan fingerprint density at radius 1 is 1.44 bits per heavy atom. The first-order chi connectivity index (χ1) is 8.29. The van der Waals surface area contributed by atoms with Crippen molar-refractivity contribution in [2.24, 2.45) is 0 Å². The van der Waals surface area contributed by atoms with Crippen molar-refractivity contribution in [3.8, 4) is 0 Å². The van der Waals surface area contributed by atoms with Crippen LogP contribution in [-0.4, -0.2) is 38.0 Å². The molecule has 0 aromatic heterocycles. The smallest absolute Gasteiger partial charge is 0.335 e. The fourth-order valence-electron chi connectivity index (χ4n) is 1.35. The van der Waals surface area contributed by atoms with E-state index in [0.29, 0.717) is 17.4 Å². The summed E-state index contributed by atoms with van der Waals surface area (Å²) in [5.74, 6) is -0.857. The number of aromatic carboxylic acids is 1. The lowest BCUT2D eigenvalue weighted by atomic mass is 10.2. The summed E-state index contributed by atoms with van der Waals surface area (Å²) in [7, 11) is -2.94. The number of anilines is 1. The quantitative estimate of drug-likeness (QED) is 0.777. The van der Waals surface area contributed by atoms with Crippen LogP contribution in [0.25, 0.3) is 0 Å². The minimum Gasteiger partial charge on any atom is -0.478 e. The summed E-state index contributed by atoms with van der Waals surface area (Å²) < 4.78 is 22.5. The fraction of sp³-hybridized carbons (Fsp3) is 0.364. The van der Waals surface area contributed by atoms with E-state index in [4.69, 9.17) is 5.11 Å². The number of benzene rings is 1. The minimum absolute atomic E-state index is 0.130.